The number of rotatable bonds is 4. The molecule has 0 radical (unpaired) electrons. The number of benzene rings is 1. The van der Waals surface area contributed by atoms with Crippen LogP contribution in [0.3, 0.4) is 0 Å². The maximum atomic E-state index is 11.0. The van der Waals surface area contributed by atoms with Gasteiger partial charge in [0, 0.05) is 16.3 Å². The van der Waals surface area contributed by atoms with Crippen molar-refractivity contribution in [3.05, 3.63) is 17.1 Å². The van der Waals surface area contributed by atoms with Crippen molar-refractivity contribution in [1.82, 2.24) is 4.98 Å². The van der Waals surface area contributed by atoms with Crippen molar-refractivity contribution >= 4 is 45.0 Å². The van der Waals surface area contributed by atoms with Crippen molar-refractivity contribution in [1.29, 1.82) is 0 Å². The van der Waals surface area contributed by atoms with Crippen molar-refractivity contribution in [2.75, 3.05) is 18.6 Å². The maximum absolute atomic E-state index is 11.0. The minimum Gasteiger partial charge on any atom is -0.469 e. The Labute approximate surface area is 114 Å². The molecule has 2 rings (SSSR count). The Balaban J connectivity index is 2.12. The summed E-state index contributed by atoms with van der Waals surface area (Å²) in [4.78, 5) is 16.4. The van der Waals surface area contributed by atoms with Gasteiger partial charge in [0.1, 0.15) is 0 Å². The number of methoxy groups -OCH3 is 1. The van der Waals surface area contributed by atoms with Crippen molar-refractivity contribution in [3.8, 4) is 0 Å². The van der Waals surface area contributed by atoms with E-state index in [1.54, 1.807) is 23.1 Å². The minimum absolute atomic E-state index is 0.202. The third kappa shape index (κ3) is 2.94. The number of hydrogen-bond acceptors (Lipinski definition) is 6. The van der Waals surface area contributed by atoms with E-state index >= 15 is 0 Å². The highest BCUT2D eigenvalue weighted by atomic mass is 32.2. The summed E-state index contributed by atoms with van der Waals surface area (Å²) in [6, 6.07) is 3.93. The number of nitrogens with two attached hydrogens (primary N) is 1. The van der Waals surface area contributed by atoms with Crippen LogP contribution in [0.2, 0.25) is 0 Å². The lowest BCUT2D eigenvalue weighted by Gasteiger charge is -2.04. The number of thioether (sulfide) groups is 1. The van der Waals surface area contributed by atoms with Crippen LogP contribution in [0.25, 0.3) is 10.2 Å². The number of nitrogen functional groups attached to an aromatic ring is 1. The van der Waals surface area contributed by atoms with E-state index in [4.69, 9.17) is 5.73 Å². The topological polar surface area (TPSA) is 65.2 Å². The number of ether oxygens (including phenoxy) is 1. The molecule has 2 aromatic rings. The number of aromatic nitrogens is 1. The van der Waals surface area contributed by atoms with Crippen LogP contribution in [0.1, 0.15) is 11.4 Å². The molecular formula is C12H14N2O2S2. The standard InChI is InChI=1S/C12H14N2O2S2/c1-7-14-9-6-10(8(13)5-11(9)18-7)17-4-3-12(15)16-2/h5-6H,3-4,13H2,1-2H3. The highest BCUT2D eigenvalue weighted by Crippen LogP contribution is 2.32. The highest BCUT2D eigenvalue weighted by Gasteiger charge is 2.08. The zero-order valence-corrected chi connectivity index (χ0v) is 11.9. The number of anilines is 1. The van der Waals surface area contributed by atoms with Gasteiger partial charge in [-0.25, -0.2) is 4.98 Å². The molecule has 2 N–H and O–H groups in total. The molecule has 0 spiro atoms. The fraction of sp³-hybridized carbons (Fsp3) is 0.333. The summed E-state index contributed by atoms with van der Waals surface area (Å²) in [5, 5.41) is 1.03. The molecule has 1 aromatic heterocycles. The smallest absolute Gasteiger partial charge is 0.306 e. The first-order chi connectivity index (χ1) is 8.60. The molecule has 0 saturated carbocycles. The predicted molar refractivity (Wildman–Crippen MR) is 76.1 cm³/mol. The molecule has 1 aromatic carbocycles. The second kappa shape index (κ2) is 5.58. The van der Waals surface area contributed by atoms with Crippen LogP contribution in [-0.4, -0.2) is 23.8 Å². The molecule has 96 valence electrons. The molecule has 0 fully saturated rings. The third-order valence-corrected chi connectivity index (χ3v) is 4.42. The van der Waals surface area contributed by atoms with Crippen LogP contribution in [0.5, 0.6) is 0 Å². The normalized spacial score (nSPS) is 10.8. The van der Waals surface area contributed by atoms with E-state index in [2.05, 4.69) is 9.72 Å². The highest BCUT2D eigenvalue weighted by molar-refractivity contribution is 7.99. The van der Waals surface area contributed by atoms with Gasteiger partial charge in [-0.3, -0.25) is 4.79 Å². The Morgan fingerprint density at radius 3 is 3.06 bits per heavy atom. The molecule has 0 unspecified atom stereocenters. The Kier molecular flexibility index (Phi) is 4.08. The number of aryl methyl sites for hydroxylation is 1. The first-order valence-electron chi connectivity index (χ1n) is 5.46. The Bertz CT molecular complexity index is 581. The summed E-state index contributed by atoms with van der Waals surface area (Å²) in [5.41, 5.74) is 7.69. The van der Waals surface area contributed by atoms with Crippen LogP contribution in [-0.2, 0) is 9.53 Å². The summed E-state index contributed by atoms with van der Waals surface area (Å²) >= 11 is 3.19. The summed E-state index contributed by atoms with van der Waals surface area (Å²) < 4.78 is 5.70. The Morgan fingerprint density at radius 2 is 2.33 bits per heavy atom. The van der Waals surface area contributed by atoms with Crippen molar-refractivity contribution < 1.29 is 9.53 Å². The second-order valence-corrected chi connectivity index (χ2v) is 6.14. The molecule has 4 nitrogen and oxygen atoms in total. The lowest BCUT2D eigenvalue weighted by Crippen LogP contribution is -2.01. The van der Waals surface area contributed by atoms with Crippen LogP contribution in [0, 0.1) is 6.92 Å². The van der Waals surface area contributed by atoms with Gasteiger partial charge < -0.3 is 10.5 Å². The van der Waals surface area contributed by atoms with E-state index in [0.29, 0.717) is 12.2 Å². The first kappa shape index (κ1) is 13.2. The van der Waals surface area contributed by atoms with Crippen LogP contribution in [0.15, 0.2) is 17.0 Å². The van der Waals surface area contributed by atoms with Crippen molar-refractivity contribution in [3.63, 3.8) is 0 Å². The van der Waals surface area contributed by atoms with Gasteiger partial charge in [-0.1, -0.05) is 0 Å². The summed E-state index contributed by atoms with van der Waals surface area (Å²) in [5.74, 6) is 0.456. The van der Waals surface area contributed by atoms with Gasteiger partial charge >= 0.3 is 5.97 Å². The number of nitrogens with zero attached hydrogens (tertiary/aromatic N) is 1. The molecule has 0 saturated heterocycles. The molecule has 0 atom stereocenters. The average Bonchev–Trinajstić information content (AvgIpc) is 2.68. The fourth-order valence-corrected chi connectivity index (χ4v) is 3.32. The molecule has 0 aliphatic heterocycles. The summed E-state index contributed by atoms with van der Waals surface area (Å²) in [7, 11) is 1.39. The number of esters is 1. The Morgan fingerprint density at radius 1 is 1.56 bits per heavy atom. The van der Waals surface area contributed by atoms with Crippen molar-refractivity contribution in [2.24, 2.45) is 0 Å². The van der Waals surface area contributed by atoms with Gasteiger partial charge in [0.25, 0.3) is 0 Å². The van der Waals surface area contributed by atoms with Crippen molar-refractivity contribution in [2.45, 2.75) is 18.2 Å². The SMILES string of the molecule is COC(=O)CCSc1cc2nc(C)sc2cc1N. The van der Waals surface area contributed by atoms with Gasteiger partial charge in [-0.05, 0) is 19.1 Å². The summed E-state index contributed by atoms with van der Waals surface area (Å²) in [6.07, 6.45) is 0.384. The van der Waals surface area contributed by atoms with Crippen LogP contribution < -0.4 is 5.73 Å². The number of hydrogen-bond donors (Lipinski definition) is 1. The third-order valence-electron chi connectivity index (χ3n) is 2.42. The fourth-order valence-electron chi connectivity index (χ4n) is 1.56. The molecule has 18 heavy (non-hydrogen) atoms. The van der Waals surface area contributed by atoms with Gasteiger partial charge in [-0.2, -0.15) is 0 Å². The van der Waals surface area contributed by atoms with Gasteiger partial charge in [0.15, 0.2) is 0 Å². The molecule has 0 aliphatic rings. The number of fused-ring (bicyclic) bond motifs is 1. The molecule has 1 heterocycles. The summed E-state index contributed by atoms with van der Waals surface area (Å²) in [6.45, 7) is 1.98. The zero-order valence-electron chi connectivity index (χ0n) is 10.2. The molecule has 0 aliphatic carbocycles. The van der Waals surface area contributed by atoms with E-state index in [9.17, 15) is 4.79 Å². The second-order valence-electron chi connectivity index (χ2n) is 3.77. The van der Waals surface area contributed by atoms with E-state index < -0.39 is 0 Å². The number of carbonyl (C=O) groups excluding carboxylic acids is 1. The molecule has 0 amide bonds. The quantitative estimate of drug-likeness (QED) is 0.530. The largest absolute Gasteiger partial charge is 0.469 e. The molecule has 6 heteroatoms. The Hall–Kier alpha value is -1.27. The lowest BCUT2D eigenvalue weighted by molar-refractivity contribution is -0.140. The predicted octanol–water partition coefficient (Wildman–Crippen LogP) is 2.84. The van der Waals surface area contributed by atoms with E-state index in [1.807, 2.05) is 19.1 Å². The van der Waals surface area contributed by atoms with Gasteiger partial charge in [-0.15, -0.1) is 23.1 Å². The lowest BCUT2D eigenvalue weighted by atomic mass is 10.3. The van der Waals surface area contributed by atoms with Crippen LogP contribution >= 0.6 is 23.1 Å². The van der Waals surface area contributed by atoms with E-state index in [-0.39, 0.29) is 5.97 Å². The first-order valence-corrected chi connectivity index (χ1v) is 7.26. The minimum atomic E-state index is -0.202. The molecular weight excluding hydrogens is 268 g/mol. The van der Waals surface area contributed by atoms with Gasteiger partial charge in [0.2, 0.25) is 0 Å². The average molecular weight is 282 g/mol. The number of carbonyl (C=O) groups is 1. The monoisotopic (exact) mass is 282 g/mol. The van der Waals surface area contributed by atoms with Crippen LogP contribution in [0.4, 0.5) is 5.69 Å². The zero-order chi connectivity index (χ0) is 13.1. The van der Waals surface area contributed by atoms with Gasteiger partial charge in [0.05, 0.1) is 28.8 Å². The van der Waals surface area contributed by atoms with E-state index in [1.165, 1.54) is 7.11 Å². The number of thiazole rings is 1. The molecule has 0 bridgehead atoms. The van der Waals surface area contributed by atoms with E-state index in [0.717, 1.165) is 25.8 Å². The maximum Gasteiger partial charge on any atom is 0.306 e.